The van der Waals surface area contributed by atoms with Crippen molar-refractivity contribution in [1.82, 2.24) is 9.97 Å². The SMILES string of the molecule is CCOc1nccc(-c2cccc(=O)[nH]2)c1F. The average molecular weight is 234 g/mol. The summed E-state index contributed by atoms with van der Waals surface area (Å²) in [5, 5.41) is 0. The molecule has 0 amide bonds. The maximum Gasteiger partial charge on any atom is 0.251 e. The monoisotopic (exact) mass is 234 g/mol. The summed E-state index contributed by atoms with van der Waals surface area (Å²) in [5.41, 5.74) is 0.385. The van der Waals surface area contributed by atoms with Gasteiger partial charge in [0, 0.05) is 17.8 Å². The molecule has 0 unspecified atom stereocenters. The predicted octanol–water partition coefficient (Wildman–Crippen LogP) is 1.97. The first-order valence-electron chi connectivity index (χ1n) is 5.19. The van der Waals surface area contributed by atoms with Gasteiger partial charge in [-0.15, -0.1) is 0 Å². The molecule has 88 valence electrons. The van der Waals surface area contributed by atoms with Crippen molar-refractivity contribution in [3.05, 3.63) is 46.6 Å². The quantitative estimate of drug-likeness (QED) is 0.883. The van der Waals surface area contributed by atoms with Gasteiger partial charge in [-0.05, 0) is 19.1 Å². The van der Waals surface area contributed by atoms with E-state index in [1.54, 1.807) is 19.1 Å². The van der Waals surface area contributed by atoms with E-state index < -0.39 is 5.82 Å². The van der Waals surface area contributed by atoms with Crippen molar-refractivity contribution in [2.75, 3.05) is 6.61 Å². The molecule has 0 aliphatic carbocycles. The third-order valence-electron chi connectivity index (χ3n) is 2.20. The Morgan fingerprint density at radius 2 is 2.24 bits per heavy atom. The van der Waals surface area contributed by atoms with Crippen LogP contribution < -0.4 is 10.3 Å². The number of H-pyrrole nitrogens is 1. The number of hydrogen-bond donors (Lipinski definition) is 1. The van der Waals surface area contributed by atoms with Crippen molar-refractivity contribution >= 4 is 0 Å². The van der Waals surface area contributed by atoms with E-state index in [0.29, 0.717) is 12.3 Å². The van der Waals surface area contributed by atoms with Crippen LogP contribution >= 0.6 is 0 Å². The van der Waals surface area contributed by atoms with Gasteiger partial charge in [-0.3, -0.25) is 4.79 Å². The minimum atomic E-state index is -0.573. The Bertz CT molecular complexity index is 581. The lowest BCUT2D eigenvalue weighted by molar-refractivity contribution is 0.308. The van der Waals surface area contributed by atoms with E-state index in [4.69, 9.17) is 4.74 Å². The molecule has 0 aromatic carbocycles. The molecule has 2 aromatic heterocycles. The number of rotatable bonds is 3. The van der Waals surface area contributed by atoms with Crippen molar-refractivity contribution in [2.24, 2.45) is 0 Å². The van der Waals surface area contributed by atoms with Gasteiger partial charge in [0.15, 0.2) is 5.82 Å². The zero-order valence-electron chi connectivity index (χ0n) is 9.24. The van der Waals surface area contributed by atoms with Crippen LogP contribution in [0, 0.1) is 5.82 Å². The van der Waals surface area contributed by atoms with Crippen LogP contribution in [0.15, 0.2) is 35.3 Å². The molecule has 2 aromatic rings. The van der Waals surface area contributed by atoms with Crippen molar-refractivity contribution < 1.29 is 9.13 Å². The highest BCUT2D eigenvalue weighted by Crippen LogP contribution is 2.24. The summed E-state index contributed by atoms with van der Waals surface area (Å²) in [4.78, 5) is 17.5. The lowest BCUT2D eigenvalue weighted by Crippen LogP contribution is -2.05. The number of nitrogens with one attached hydrogen (secondary N) is 1. The molecule has 5 heteroatoms. The van der Waals surface area contributed by atoms with E-state index in [0.717, 1.165) is 0 Å². The molecule has 0 bridgehead atoms. The average Bonchev–Trinajstić information content (AvgIpc) is 2.32. The van der Waals surface area contributed by atoms with Crippen molar-refractivity contribution in [3.63, 3.8) is 0 Å². The fourth-order valence-electron chi connectivity index (χ4n) is 1.47. The Labute approximate surface area is 97.1 Å². The van der Waals surface area contributed by atoms with E-state index in [-0.39, 0.29) is 17.0 Å². The smallest absolute Gasteiger partial charge is 0.251 e. The van der Waals surface area contributed by atoms with Gasteiger partial charge < -0.3 is 9.72 Å². The molecule has 0 saturated carbocycles. The van der Waals surface area contributed by atoms with Crippen LogP contribution in [0.2, 0.25) is 0 Å². The molecular formula is C12H11FN2O2. The van der Waals surface area contributed by atoms with Crippen molar-refractivity contribution in [2.45, 2.75) is 6.92 Å². The first-order valence-corrected chi connectivity index (χ1v) is 5.19. The highest BCUT2D eigenvalue weighted by atomic mass is 19.1. The van der Waals surface area contributed by atoms with E-state index in [9.17, 15) is 9.18 Å². The van der Waals surface area contributed by atoms with Gasteiger partial charge in [-0.25, -0.2) is 9.37 Å². The van der Waals surface area contributed by atoms with Crippen molar-refractivity contribution in [3.8, 4) is 17.1 Å². The van der Waals surface area contributed by atoms with Gasteiger partial charge in [-0.2, -0.15) is 0 Å². The molecule has 0 aliphatic heterocycles. The molecule has 0 aliphatic rings. The van der Waals surface area contributed by atoms with E-state index in [1.165, 1.54) is 18.3 Å². The number of ether oxygens (including phenoxy) is 1. The van der Waals surface area contributed by atoms with Crippen molar-refractivity contribution in [1.29, 1.82) is 0 Å². The molecule has 0 saturated heterocycles. The van der Waals surface area contributed by atoms with Crippen LogP contribution in [0.4, 0.5) is 4.39 Å². The molecule has 17 heavy (non-hydrogen) atoms. The summed E-state index contributed by atoms with van der Waals surface area (Å²) >= 11 is 0. The maximum atomic E-state index is 14.0. The third kappa shape index (κ3) is 2.33. The van der Waals surface area contributed by atoms with Crippen LogP contribution in [0.1, 0.15) is 6.92 Å². The first kappa shape index (κ1) is 11.3. The fourth-order valence-corrected chi connectivity index (χ4v) is 1.47. The molecule has 0 radical (unpaired) electrons. The van der Waals surface area contributed by atoms with Gasteiger partial charge in [0.25, 0.3) is 5.88 Å². The van der Waals surface area contributed by atoms with E-state index >= 15 is 0 Å². The summed E-state index contributed by atoms with van der Waals surface area (Å²) in [6, 6.07) is 6.04. The summed E-state index contributed by atoms with van der Waals surface area (Å²) in [7, 11) is 0. The maximum absolute atomic E-state index is 14.0. The van der Waals surface area contributed by atoms with Crippen LogP contribution in [-0.2, 0) is 0 Å². The number of halogens is 1. The Hall–Kier alpha value is -2.17. The van der Waals surface area contributed by atoms with Gasteiger partial charge in [0.1, 0.15) is 0 Å². The topological polar surface area (TPSA) is 55.0 Å². The lowest BCUT2D eigenvalue weighted by Gasteiger charge is -2.07. The lowest BCUT2D eigenvalue weighted by atomic mass is 10.1. The third-order valence-corrected chi connectivity index (χ3v) is 2.20. The molecule has 2 heterocycles. The summed E-state index contributed by atoms with van der Waals surface area (Å²) in [6.45, 7) is 2.08. The number of hydrogen-bond acceptors (Lipinski definition) is 3. The molecule has 0 atom stereocenters. The highest BCUT2D eigenvalue weighted by Gasteiger charge is 2.12. The summed E-state index contributed by atoms with van der Waals surface area (Å²) < 4.78 is 19.0. The highest BCUT2D eigenvalue weighted by molar-refractivity contribution is 5.60. The van der Waals surface area contributed by atoms with E-state index in [2.05, 4.69) is 9.97 Å². The van der Waals surface area contributed by atoms with Gasteiger partial charge in [0.2, 0.25) is 5.56 Å². The molecular weight excluding hydrogens is 223 g/mol. The molecule has 1 N–H and O–H groups in total. The van der Waals surface area contributed by atoms with Gasteiger partial charge >= 0.3 is 0 Å². The summed E-state index contributed by atoms with van der Waals surface area (Å²) in [5.74, 6) is -0.633. The number of aromatic amines is 1. The van der Waals surface area contributed by atoms with Crippen LogP contribution in [0.5, 0.6) is 5.88 Å². The fraction of sp³-hybridized carbons (Fsp3) is 0.167. The second-order valence-corrected chi connectivity index (χ2v) is 3.34. The summed E-state index contributed by atoms with van der Waals surface area (Å²) in [6.07, 6.45) is 1.44. The standard InChI is InChI=1S/C12H11FN2O2/c1-2-17-12-11(13)8(6-7-14-12)9-4-3-5-10(16)15-9/h3-7H,2H2,1H3,(H,15,16). The molecule has 0 fully saturated rings. The molecule has 0 spiro atoms. The number of aromatic nitrogens is 2. The zero-order valence-corrected chi connectivity index (χ0v) is 9.24. The second kappa shape index (κ2) is 4.78. The number of pyridine rings is 2. The number of nitrogens with zero attached hydrogens (tertiary/aromatic N) is 1. The first-order chi connectivity index (χ1) is 8.22. The molecule has 2 rings (SSSR count). The largest absolute Gasteiger partial charge is 0.476 e. The normalized spacial score (nSPS) is 10.2. The zero-order chi connectivity index (χ0) is 12.3. The second-order valence-electron chi connectivity index (χ2n) is 3.34. The van der Waals surface area contributed by atoms with E-state index in [1.807, 2.05) is 0 Å². The minimum Gasteiger partial charge on any atom is -0.476 e. The van der Waals surface area contributed by atoms with Crippen LogP contribution in [0.3, 0.4) is 0 Å². The van der Waals surface area contributed by atoms with Gasteiger partial charge in [-0.1, -0.05) is 6.07 Å². The Morgan fingerprint density at radius 1 is 1.41 bits per heavy atom. The predicted molar refractivity (Wildman–Crippen MR) is 61.4 cm³/mol. The Morgan fingerprint density at radius 3 is 2.94 bits per heavy atom. The Kier molecular flexibility index (Phi) is 3.18. The minimum absolute atomic E-state index is 0.0605. The molecule has 4 nitrogen and oxygen atoms in total. The van der Waals surface area contributed by atoms with Crippen LogP contribution in [-0.4, -0.2) is 16.6 Å². The van der Waals surface area contributed by atoms with Gasteiger partial charge in [0.05, 0.1) is 12.3 Å². The Balaban J connectivity index is 2.52. The van der Waals surface area contributed by atoms with Crippen LogP contribution in [0.25, 0.3) is 11.3 Å².